The Balaban J connectivity index is 1.50. The molecule has 0 bridgehead atoms. The molecule has 0 radical (unpaired) electrons. The number of ether oxygens (including phenoxy) is 2. The molecule has 0 amide bonds. The van der Waals surface area contributed by atoms with Crippen LogP contribution in [0.5, 0.6) is 0 Å². The Morgan fingerprint density at radius 3 is 2.58 bits per heavy atom. The summed E-state index contributed by atoms with van der Waals surface area (Å²) in [4.78, 5) is 27.3. The molecule has 2 aromatic rings. The normalized spacial score (nSPS) is 20.5. The predicted molar refractivity (Wildman–Crippen MR) is 145 cm³/mol. The minimum Gasteiger partial charge on any atom is -0.385 e. The average Bonchev–Trinajstić information content (AvgIpc) is 2.93. The Bertz CT molecular complexity index is 1110. The van der Waals surface area contributed by atoms with Gasteiger partial charge in [0.1, 0.15) is 23.0 Å². The highest BCUT2D eigenvalue weighted by Gasteiger charge is 2.35. The summed E-state index contributed by atoms with van der Waals surface area (Å²) in [5, 5.41) is 3.31. The van der Waals surface area contributed by atoms with Crippen molar-refractivity contribution in [3.8, 4) is 0 Å². The van der Waals surface area contributed by atoms with Crippen LogP contribution >= 0.6 is 0 Å². The van der Waals surface area contributed by atoms with Crippen LogP contribution in [-0.4, -0.2) is 46.0 Å². The quantitative estimate of drug-likeness (QED) is 0.293. The number of piperidine rings is 1. The molecule has 3 atom stereocenters. The number of rotatable bonds is 13. The van der Waals surface area contributed by atoms with Gasteiger partial charge in [0.25, 0.3) is 10.9 Å². The molecule has 1 aliphatic carbocycles. The van der Waals surface area contributed by atoms with Crippen molar-refractivity contribution in [3.05, 3.63) is 55.8 Å². The first kappa shape index (κ1) is 28.6. The molecule has 210 valence electrons. The van der Waals surface area contributed by atoms with Gasteiger partial charge in [-0.2, -0.15) is 0 Å². The third kappa shape index (κ3) is 6.79. The van der Waals surface area contributed by atoms with E-state index in [1.54, 1.807) is 7.11 Å². The van der Waals surface area contributed by atoms with Crippen molar-refractivity contribution in [2.24, 2.45) is 17.6 Å². The number of halogens is 2. The molecule has 2 fully saturated rings. The van der Waals surface area contributed by atoms with Crippen molar-refractivity contribution in [2.45, 2.75) is 69.9 Å². The van der Waals surface area contributed by atoms with Crippen molar-refractivity contribution in [2.75, 3.05) is 50.2 Å². The smallest absolute Gasteiger partial charge is 0.253 e. The Kier molecular flexibility index (Phi) is 10.3. The van der Waals surface area contributed by atoms with Crippen molar-refractivity contribution >= 4 is 11.4 Å². The molecule has 38 heavy (non-hydrogen) atoms. The van der Waals surface area contributed by atoms with E-state index in [9.17, 15) is 18.4 Å². The van der Waals surface area contributed by atoms with Crippen molar-refractivity contribution < 1.29 is 18.3 Å². The summed E-state index contributed by atoms with van der Waals surface area (Å²) in [6.07, 6.45) is 8.51. The maximum Gasteiger partial charge on any atom is 0.253 e. The van der Waals surface area contributed by atoms with E-state index in [0.29, 0.717) is 62.1 Å². The number of nitrogens with one attached hydrogen (secondary N) is 1. The van der Waals surface area contributed by atoms with E-state index in [-0.39, 0.29) is 12.0 Å². The zero-order valence-electron chi connectivity index (χ0n) is 22.4. The first-order valence-corrected chi connectivity index (χ1v) is 14.0. The maximum atomic E-state index is 14.8. The minimum absolute atomic E-state index is 0.0640. The molecular weight excluding hydrogens is 492 g/mol. The second-order valence-electron chi connectivity index (χ2n) is 10.9. The molecule has 1 saturated carbocycles. The van der Waals surface area contributed by atoms with E-state index in [1.165, 1.54) is 44.2 Å². The van der Waals surface area contributed by atoms with Crippen LogP contribution in [-0.2, 0) is 9.47 Å². The van der Waals surface area contributed by atoms with Crippen LogP contribution in [0.4, 0.5) is 20.2 Å². The van der Waals surface area contributed by atoms with Crippen LogP contribution in [0.15, 0.2) is 27.8 Å². The van der Waals surface area contributed by atoms with Gasteiger partial charge in [-0.3, -0.25) is 9.59 Å². The average molecular weight is 534 g/mol. The van der Waals surface area contributed by atoms with Crippen LogP contribution in [0.3, 0.4) is 0 Å². The number of nitrogens with two attached hydrogens (primary N) is 1. The number of hydrogen-bond acceptors (Lipinski definition) is 7. The molecule has 1 aliphatic heterocycles. The number of anilines is 2. The SMILES string of the molecule is COCCCO[C@@H](c1ccc(F)cc1F)[C@@H]1CCCN(c2c(N[C@H](CN)CC3CCCCC3)c(=O)c2=O)C1. The number of hydrogen-bond donors (Lipinski definition) is 2. The van der Waals surface area contributed by atoms with E-state index >= 15 is 0 Å². The summed E-state index contributed by atoms with van der Waals surface area (Å²) >= 11 is 0. The van der Waals surface area contributed by atoms with E-state index in [4.69, 9.17) is 15.2 Å². The zero-order chi connectivity index (χ0) is 27.1. The molecule has 0 spiro atoms. The van der Waals surface area contributed by atoms with Crippen LogP contribution in [0, 0.1) is 23.5 Å². The first-order valence-electron chi connectivity index (χ1n) is 14.0. The van der Waals surface area contributed by atoms with E-state index < -0.39 is 28.6 Å². The Morgan fingerprint density at radius 1 is 1.08 bits per heavy atom. The predicted octanol–water partition coefficient (Wildman–Crippen LogP) is 4.28. The van der Waals surface area contributed by atoms with Gasteiger partial charge in [-0.05, 0) is 37.7 Å². The summed E-state index contributed by atoms with van der Waals surface area (Å²) < 4.78 is 39.7. The lowest BCUT2D eigenvalue weighted by Gasteiger charge is -2.39. The topological polar surface area (TPSA) is 93.9 Å². The third-order valence-corrected chi connectivity index (χ3v) is 8.12. The molecule has 0 aromatic heterocycles. The highest BCUT2D eigenvalue weighted by atomic mass is 19.1. The monoisotopic (exact) mass is 533 g/mol. The Morgan fingerprint density at radius 2 is 1.87 bits per heavy atom. The van der Waals surface area contributed by atoms with Gasteiger partial charge in [-0.25, -0.2) is 8.78 Å². The van der Waals surface area contributed by atoms with Crippen LogP contribution in [0.1, 0.15) is 69.5 Å². The Hall–Kier alpha value is -2.36. The van der Waals surface area contributed by atoms with Crippen LogP contribution in [0.25, 0.3) is 0 Å². The molecule has 1 saturated heterocycles. The highest BCUT2D eigenvalue weighted by Crippen LogP contribution is 2.37. The second kappa shape index (κ2) is 13.6. The van der Waals surface area contributed by atoms with Gasteiger partial charge >= 0.3 is 0 Å². The highest BCUT2D eigenvalue weighted by molar-refractivity contribution is 5.75. The number of benzene rings is 1. The summed E-state index contributed by atoms with van der Waals surface area (Å²) in [7, 11) is 1.61. The van der Waals surface area contributed by atoms with E-state index in [1.807, 2.05) is 4.90 Å². The van der Waals surface area contributed by atoms with E-state index in [0.717, 1.165) is 25.3 Å². The fraction of sp³-hybridized carbons (Fsp3) is 0.655. The van der Waals surface area contributed by atoms with Crippen molar-refractivity contribution in [3.63, 3.8) is 0 Å². The van der Waals surface area contributed by atoms with E-state index in [2.05, 4.69) is 5.32 Å². The molecule has 2 aliphatic rings. The number of nitrogens with zero attached hydrogens (tertiary/aromatic N) is 1. The lowest BCUT2D eigenvalue weighted by molar-refractivity contribution is -0.00438. The maximum absolute atomic E-state index is 14.8. The first-order chi connectivity index (χ1) is 18.4. The molecule has 2 aromatic carbocycles. The van der Waals surface area contributed by atoms with Crippen molar-refractivity contribution in [1.82, 2.24) is 0 Å². The molecule has 0 unspecified atom stereocenters. The van der Waals surface area contributed by atoms with Gasteiger partial charge in [-0.1, -0.05) is 38.2 Å². The zero-order valence-corrected chi connectivity index (χ0v) is 22.4. The summed E-state index contributed by atoms with van der Waals surface area (Å²) in [5.41, 5.74) is 6.12. The van der Waals surface area contributed by atoms with Crippen LogP contribution < -0.4 is 26.8 Å². The summed E-state index contributed by atoms with van der Waals surface area (Å²) in [6, 6.07) is 3.49. The van der Waals surface area contributed by atoms with Crippen molar-refractivity contribution in [1.29, 1.82) is 0 Å². The minimum atomic E-state index is -0.649. The Labute approximate surface area is 223 Å². The largest absolute Gasteiger partial charge is 0.385 e. The molecular formula is C29H41F2N3O4. The third-order valence-electron chi connectivity index (χ3n) is 8.12. The van der Waals surface area contributed by atoms with Gasteiger partial charge in [-0.15, -0.1) is 0 Å². The van der Waals surface area contributed by atoms with Gasteiger partial charge in [0.2, 0.25) is 0 Å². The van der Waals surface area contributed by atoms with Gasteiger partial charge in [0.15, 0.2) is 0 Å². The molecule has 1 heterocycles. The lowest BCUT2D eigenvalue weighted by Crippen LogP contribution is -2.49. The van der Waals surface area contributed by atoms with Gasteiger partial charge in [0.05, 0.1) is 6.10 Å². The fourth-order valence-electron chi connectivity index (χ4n) is 6.14. The second-order valence-corrected chi connectivity index (χ2v) is 10.9. The van der Waals surface area contributed by atoms with Gasteiger partial charge < -0.3 is 25.4 Å². The van der Waals surface area contributed by atoms with Crippen LogP contribution in [0.2, 0.25) is 0 Å². The molecule has 4 rings (SSSR count). The fourth-order valence-corrected chi connectivity index (χ4v) is 6.14. The number of methoxy groups -OCH3 is 1. The summed E-state index contributed by atoms with van der Waals surface area (Å²) in [6.45, 7) is 2.31. The van der Waals surface area contributed by atoms with Gasteiger partial charge in [0, 0.05) is 63.5 Å². The lowest BCUT2D eigenvalue weighted by atomic mass is 9.84. The standard InChI is InChI=1S/C29H41F2N3O4/c1-37-13-6-14-38-29(23-11-10-21(30)16-24(23)31)20-9-5-12-34(18-20)26-25(27(35)28(26)36)33-22(17-32)15-19-7-3-2-4-8-19/h10-11,16,19-20,22,29,33H,2-9,12-15,17-18,32H2,1H3/t20-,22+,29-/m1/s1. The molecule has 9 heteroatoms. The molecule has 3 N–H and O–H groups in total. The molecule has 7 nitrogen and oxygen atoms in total. The summed E-state index contributed by atoms with van der Waals surface area (Å²) in [5.74, 6) is -0.850.